The van der Waals surface area contributed by atoms with Gasteiger partial charge in [-0.05, 0) is 12.8 Å². The molecule has 0 radical (unpaired) electrons. The summed E-state index contributed by atoms with van der Waals surface area (Å²) in [6.07, 6.45) is 3.07. The highest BCUT2D eigenvalue weighted by atomic mass is 32.2. The van der Waals surface area contributed by atoms with Crippen LogP contribution >= 0.6 is 11.8 Å². The Balaban J connectivity index is 2.52. The van der Waals surface area contributed by atoms with Crippen LogP contribution in [-0.4, -0.2) is 31.2 Å². The number of rotatable bonds is 5. The molecular weight excluding hydrogens is 198 g/mol. The summed E-state index contributed by atoms with van der Waals surface area (Å²) in [6.45, 7) is 4.00. The monoisotopic (exact) mass is 215 g/mol. The van der Waals surface area contributed by atoms with E-state index in [2.05, 4.69) is 10.1 Å². The summed E-state index contributed by atoms with van der Waals surface area (Å²) in [6, 6.07) is 0. The largest absolute Gasteiger partial charge is 0.389 e. The Bertz CT molecular complexity index is 283. The zero-order valence-electron chi connectivity index (χ0n) is 8.90. The van der Waals surface area contributed by atoms with Crippen molar-refractivity contribution in [1.82, 2.24) is 14.8 Å². The Morgan fingerprint density at radius 1 is 1.50 bits per heavy atom. The van der Waals surface area contributed by atoms with Gasteiger partial charge in [0.2, 0.25) is 0 Å². The Hall–Kier alpha value is -0.550. The van der Waals surface area contributed by atoms with Crippen LogP contribution in [0.15, 0.2) is 11.5 Å². The van der Waals surface area contributed by atoms with Crippen LogP contribution in [0.2, 0.25) is 0 Å². The first-order valence-corrected chi connectivity index (χ1v) is 5.79. The Kier molecular flexibility index (Phi) is 3.95. The molecule has 0 aromatic carbocycles. The van der Waals surface area contributed by atoms with Crippen LogP contribution in [0, 0.1) is 0 Å². The van der Waals surface area contributed by atoms with Crippen LogP contribution in [-0.2, 0) is 7.05 Å². The normalized spacial score (nSPS) is 12.0. The van der Waals surface area contributed by atoms with Gasteiger partial charge in [0.05, 0.1) is 5.60 Å². The van der Waals surface area contributed by atoms with Gasteiger partial charge in [-0.15, -0.1) is 0 Å². The molecule has 0 aliphatic carbocycles. The molecule has 0 fully saturated rings. The molecule has 0 bridgehead atoms. The number of hydrogen-bond acceptors (Lipinski definition) is 4. The molecular formula is C9H17N3OS. The molecule has 1 rings (SSSR count). The molecule has 1 aromatic rings. The van der Waals surface area contributed by atoms with Crippen LogP contribution in [0.25, 0.3) is 0 Å². The third-order valence-electron chi connectivity index (χ3n) is 2.46. The average molecular weight is 215 g/mol. The van der Waals surface area contributed by atoms with E-state index in [0.717, 1.165) is 18.0 Å². The maximum atomic E-state index is 10.0. The molecule has 0 saturated carbocycles. The molecule has 5 heteroatoms. The third-order valence-corrected chi connectivity index (χ3v) is 3.77. The summed E-state index contributed by atoms with van der Waals surface area (Å²) in [5.41, 5.74) is -0.573. The fourth-order valence-electron chi connectivity index (χ4n) is 1.07. The molecule has 1 aromatic heterocycles. The minimum atomic E-state index is -0.573. The standard InChI is InChI=1S/C9H17N3OS/c1-4-9(13,5-2)6-14-8-10-7-11-12(8)3/h7,13H,4-6H2,1-3H3. The lowest BCUT2D eigenvalue weighted by Crippen LogP contribution is -2.29. The van der Waals surface area contributed by atoms with Crippen LogP contribution < -0.4 is 0 Å². The maximum absolute atomic E-state index is 10.0. The van der Waals surface area contributed by atoms with Gasteiger partial charge in [0.15, 0.2) is 5.16 Å². The van der Waals surface area contributed by atoms with E-state index in [4.69, 9.17) is 0 Å². The first-order valence-electron chi connectivity index (χ1n) is 4.80. The Morgan fingerprint density at radius 3 is 2.57 bits per heavy atom. The lowest BCUT2D eigenvalue weighted by atomic mass is 10.0. The summed E-state index contributed by atoms with van der Waals surface area (Å²) in [5.74, 6) is 0.673. The van der Waals surface area contributed by atoms with Crippen LogP contribution in [0.5, 0.6) is 0 Å². The van der Waals surface area contributed by atoms with E-state index >= 15 is 0 Å². The van der Waals surface area contributed by atoms with Gasteiger partial charge in [-0.2, -0.15) is 5.10 Å². The van der Waals surface area contributed by atoms with Gasteiger partial charge in [0.1, 0.15) is 6.33 Å². The maximum Gasteiger partial charge on any atom is 0.185 e. The molecule has 1 N–H and O–H groups in total. The molecule has 0 aliphatic rings. The van der Waals surface area contributed by atoms with Gasteiger partial charge in [-0.25, -0.2) is 9.67 Å². The Labute approximate surface area is 88.7 Å². The first kappa shape index (κ1) is 11.5. The lowest BCUT2D eigenvalue weighted by molar-refractivity contribution is 0.0571. The summed E-state index contributed by atoms with van der Waals surface area (Å²) < 4.78 is 1.72. The molecule has 0 atom stereocenters. The Morgan fingerprint density at radius 2 is 2.14 bits per heavy atom. The highest BCUT2D eigenvalue weighted by Crippen LogP contribution is 2.24. The number of aromatic nitrogens is 3. The summed E-state index contributed by atoms with van der Waals surface area (Å²) in [7, 11) is 1.85. The van der Waals surface area contributed by atoms with Crippen molar-refractivity contribution in [2.24, 2.45) is 7.05 Å². The van der Waals surface area contributed by atoms with E-state index in [1.165, 1.54) is 6.33 Å². The molecule has 0 aliphatic heterocycles. The third kappa shape index (κ3) is 2.72. The fraction of sp³-hybridized carbons (Fsp3) is 0.778. The molecule has 80 valence electrons. The van der Waals surface area contributed by atoms with Gasteiger partial charge in [0, 0.05) is 12.8 Å². The number of aryl methyl sites for hydroxylation is 1. The van der Waals surface area contributed by atoms with Gasteiger partial charge >= 0.3 is 0 Å². The number of nitrogens with zero attached hydrogens (tertiary/aromatic N) is 3. The highest BCUT2D eigenvalue weighted by molar-refractivity contribution is 7.99. The van der Waals surface area contributed by atoms with Crippen molar-refractivity contribution in [1.29, 1.82) is 0 Å². The zero-order valence-corrected chi connectivity index (χ0v) is 9.71. The minimum absolute atomic E-state index is 0.573. The van der Waals surface area contributed by atoms with Crippen molar-refractivity contribution < 1.29 is 5.11 Å². The smallest absolute Gasteiger partial charge is 0.185 e. The second-order valence-electron chi connectivity index (χ2n) is 3.39. The van der Waals surface area contributed by atoms with Crippen LogP contribution in [0.1, 0.15) is 26.7 Å². The number of thioether (sulfide) groups is 1. The average Bonchev–Trinajstić information content (AvgIpc) is 2.61. The second-order valence-corrected chi connectivity index (χ2v) is 4.33. The van der Waals surface area contributed by atoms with Crippen molar-refractivity contribution in [2.45, 2.75) is 37.4 Å². The molecule has 0 amide bonds. The summed E-state index contributed by atoms with van der Waals surface area (Å²) in [5, 5.41) is 14.9. The fourth-order valence-corrected chi connectivity index (χ4v) is 2.23. The van der Waals surface area contributed by atoms with Gasteiger partial charge in [0.25, 0.3) is 0 Å². The van der Waals surface area contributed by atoms with Crippen LogP contribution in [0.4, 0.5) is 0 Å². The second kappa shape index (κ2) is 4.79. The lowest BCUT2D eigenvalue weighted by Gasteiger charge is -2.23. The van der Waals surface area contributed by atoms with Gasteiger partial charge < -0.3 is 5.11 Å². The SMILES string of the molecule is CCC(O)(CC)CSc1ncnn1C. The van der Waals surface area contributed by atoms with Crippen molar-refractivity contribution in [3.8, 4) is 0 Å². The van der Waals surface area contributed by atoms with E-state index in [-0.39, 0.29) is 0 Å². The first-order chi connectivity index (χ1) is 6.61. The van der Waals surface area contributed by atoms with E-state index in [1.807, 2.05) is 20.9 Å². The van der Waals surface area contributed by atoms with Crippen LogP contribution in [0.3, 0.4) is 0 Å². The van der Waals surface area contributed by atoms with Crippen molar-refractivity contribution >= 4 is 11.8 Å². The zero-order chi connectivity index (χ0) is 10.6. The van der Waals surface area contributed by atoms with Crippen molar-refractivity contribution in [2.75, 3.05) is 5.75 Å². The van der Waals surface area contributed by atoms with E-state index in [9.17, 15) is 5.11 Å². The summed E-state index contributed by atoms with van der Waals surface area (Å²) in [4.78, 5) is 4.09. The molecule has 1 heterocycles. The van der Waals surface area contributed by atoms with Crippen molar-refractivity contribution in [3.63, 3.8) is 0 Å². The molecule has 4 nitrogen and oxygen atoms in total. The highest BCUT2D eigenvalue weighted by Gasteiger charge is 2.23. The predicted molar refractivity (Wildman–Crippen MR) is 57.3 cm³/mol. The predicted octanol–water partition coefficient (Wildman–Crippen LogP) is 1.46. The van der Waals surface area contributed by atoms with Gasteiger partial charge in [-0.3, -0.25) is 0 Å². The topological polar surface area (TPSA) is 50.9 Å². The van der Waals surface area contributed by atoms with E-state index in [0.29, 0.717) is 5.75 Å². The van der Waals surface area contributed by atoms with Crippen molar-refractivity contribution in [3.05, 3.63) is 6.33 Å². The molecule has 14 heavy (non-hydrogen) atoms. The van der Waals surface area contributed by atoms with E-state index < -0.39 is 5.60 Å². The van der Waals surface area contributed by atoms with E-state index in [1.54, 1.807) is 16.4 Å². The molecule has 0 spiro atoms. The number of hydrogen-bond donors (Lipinski definition) is 1. The van der Waals surface area contributed by atoms with Gasteiger partial charge in [-0.1, -0.05) is 25.6 Å². The molecule has 0 saturated heterocycles. The quantitative estimate of drug-likeness (QED) is 0.755. The molecule has 0 unspecified atom stereocenters. The summed E-state index contributed by atoms with van der Waals surface area (Å²) >= 11 is 1.55. The minimum Gasteiger partial charge on any atom is -0.389 e. The number of aliphatic hydroxyl groups is 1.